The smallest absolute Gasteiger partial charge is 0.126 e. The molecule has 0 aromatic heterocycles. The van der Waals surface area contributed by atoms with Crippen molar-refractivity contribution in [1.29, 1.82) is 0 Å². The Kier molecular flexibility index (Phi) is 2.40. The van der Waals surface area contributed by atoms with Crippen LogP contribution in [0.2, 0.25) is 0 Å². The number of fused-ring (bicyclic) bond motifs is 1. The summed E-state index contributed by atoms with van der Waals surface area (Å²) in [5.41, 5.74) is 0.360. The van der Waals surface area contributed by atoms with E-state index in [1.165, 1.54) is 25.0 Å². The summed E-state index contributed by atoms with van der Waals surface area (Å²) in [7, 11) is 0. The summed E-state index contributed by atoms with van der Waals surface area (Å²) >= 11 is 0. The summed E-state index contributed by atoms with van der Waals surface area (Å²) in [6.07, 6.45) is 3.24. The Hall–Kier alpha value is -1.09. The molecule has 0 spiro atoms. The van der Waals surface area contributed by atoms with E-state index in [2.05, 4.69) is 6.92 Å². The highest BCUT2D eigenvalue weighted by Gasteiger charge is 2.50. The highest BCUT2D eigenvalue weighted by atomic mass is 19.1. The van der Waals surface area contributed by atoms with Gasteiger partial charge in [0.1, 0.15) is 17.2 Å². The second kappa shape index (κ2) is 3.70. The first kappa shape index (κ1) is 11.0. The molecule has 17 heavy (non-hydrogen) atoms. The van der Waals surface area contributed by atoms with Gasteiger partial charge in [0.2, 0.25) is 0 Å². The molecule has 1 heterocycles. The molecule has 0 saturated heterocycles. The molecule has 1 N–H and O–H groups in total. The van der Waals surface area contributed by atoms with Crippen LogP contribution in [0.1, 0.15) is 44.3 Å². The van der Waals surface area contributed by atoms with Crippen LogP contribution < -0.4 is 4.74 Å². The van der Waals surface area contributed by atoms with E-state index in [1.54, 1.807) is 6.07 Å². The molecule has 0 bridgehead atoms. The highest BCUT2D eigenvalue weighted by molar-refractivity contribution is 5.39. The number of benzene rings is 1. The number of ether oxygens (including phenoxy) is 1. The predicted octanol–water partition coefficient (Wildman–Crippen LogP) is 3.20. The van der Waals surface area contributed by atoms with Gasteiger partial charge in [0.25, 0.3) is 0 Å². The average molecular weight is 236 g/mol. The SMILES string of the molecule is CCC1(C2CC2)C[C@@H](O)c2cc(F)ccc2O1. The van der Waals surface area contributed by atoms with Crippen molar-refractivity contribution < 1.29 is 14.2 Å². The van der Waals surface area contributed by atoms with E-state index in [1.807, 2.05) is 0 Å². The zero-order chi connectivity index (χ0) is 12.0. The molecule has 2 atom stereocenters. The summed E-state index contributed by atoms with van der Waals surface area (Å²) in [4.78, 5) is 0. The van der Waals surface area contributed by atoms with Gasteiger partial charge in [-0.1, -0.05) is 6.92 Å². The normalized spacial score (nSPS) is 31.8. The van der Waals surface area contributed by atoms with Gasteiger partial charge in [-0.15, -0.1) is 0 Å². The maximum Gasteiger partial charge on any atom is 0.126 e. The van der Waals surface area contributed by atoms with Crippen molar-refractivity contribution >= 4 is 0 Å². The summed E-state index contributed by atoms with van der Waals surface area (Å²) < 4.78 is 19.2. The first-order valence-electron chi connectivity index (χ1n) is 6.31. The van der Waals surface area contributed by atoms with Crippen LogP contribution in [0, 0.1) is 11.7 Å². The van der Waals surface area contributed by atoms with Crippen LogP contribution in [0.5, 0.6) is 5.75 Å². The Labute approximate surface area is 100 Å². The Balaban J connectivity index is 1.99. The number of halogens is 1. The lowest BCUT2D eigenvalue weighted by atomic mass is 9.83. The van der Waals surface area contributed by atoms with Gasteiger partial charge < -0.3 is 9.84 Å². The zero-order valence-corrected chi connectivity index (χ0v) is 9.95. The van der Waals surface area contributed by atoms with E-state index in [9.17, 15) is 9.50 Å². The van der Waals surface area contributed by atoms with Crippen molar-refractivity contribution in [3.8, 4) is 5.75 Å². The largest absolute Gasteiger partial charge is 0.487 e. The minimum absolute atomic E-state index is 0.232. The van der Waals surface area contributed by atoms with Crippen LogP contribution in [0.3, 0.4) is 0 Å². The van der Waals surface area contributed by atoms with Gasteiger partial charge in [-0.2, -0.15) is 0 Å². The number of hydrogen-bond acceptors (Lipinski definition) is 2. The summed E-state index contributed by atoms with van der Waals surface area (Å²) in [6.45, 7) is 2.10. The van der Waals surface area contributed by atoms with Gasteiger partial charge in [-0.05, 0) is 43.4 Å². The van der Waals surface area contributed by atoms with Crippen LogP contribution in [0.15, 0.2) is 18.2 Å². The van der Waals surface area contributed by atoms with Crippen molar-refractivity contribution in [3.63, 3.8) is 0 Å². The molecule has 2 aliphatic rings. The van der Waals surface area contributed by atoms with Gasteiger partial charge >= 0.3 is 0 Å². The number of rotatable bonds is 2. The molecule has 1 aliphatic heterocycles. The number of hydrogen-bond donors (Lipinski definition) is 1. The fourth-order valence-electron chi connectivity index (χ4n) is 2.94. The minimum Gasteiger partial charge on any atom is -0.487 e. The number of aliphatic hydroxyl groups excluding tert-OH is 1. The molecule has 3 heteroatoms. The highest BCUT2D eigenvalue weighted by Crippen LogP contribution is 2.52. The van der Waals surface area contributed by atoms with E-state index >= 15 is 0 Å². The molecule has 0 radical (unpaired) electrons. The second-order valence-corrected chi connectivity index (χ2v) is 5.20. The first-order chi connectivity index (χ1) is 8.14. The van der Waals surface area contributed by atoms with Crippen molar-refractivity contribution in [2.75, 3.05) is 0 Å². The fourth-order valence-corrected chi connectivity index (χ4v) is 2.94. The Morgan fingerprint density at radius 3 is 2.88 bits per heavy atom. The molecule has 0 amide bonds. The Morgan fingerprint density at radius 1 is 1.47 bits per heavy atom. The molecule has 1 fully saturated rings. The zero-order valence-electron chi connectivity index (χ0n) is 9.95. The van der Waals surface area contributed by atoms with E-state index < -0.39 is 6.10 Å². The van der Waals surface area contributed by atoms with Crippen molar-refractivity contribution in [3.05, 3.63) is 29.6 Å². The molecular formula is C14H17FO2. The monoisotopic (exact) mass is 236 g/mol. The molecule has 1 aromatic carbocycles. The van der Waals surface area contributed by atoms with Crippen LogP contribution in [0.25, 0.3) is 0 Å². The Bertz CT molecular complexity index is 442. The van der Waals surface area contributed by atoms with E-state index in [0.29, 0.717) is 23.7 Å². The second-order valence-electron chi connectivity index (χ2n) is 5.20. The maximum atomic E-state index is 13.1. The summed E-state index contributed by atoms with van der Waals surface area (Å²) in [6, 6.07) is 4.41. The predicted molar refractivity (Wildman–Crippen MR) is 62.4 cm³/mol. The molecule has 2 nitrogen and oxygen atoms in total. The third-order valence-corrected chi connectivity index (χ3v) is 4.10. The van der Waals surface area contributed by atoms with Crippen molar-refractivity contribution in [1.82, 2.24) is 0 Å². The van der Waals surface area contributed by atoms with Crippen molar-refractivity contribution in [2.45, 2.75) is 44.3 Å². The van der Waals surface area contributed by atoms with Crippen LogP contribution >= 0.6 is 0 Å². The lowest BCUT2D eigenvalue weighted by Crippen LogP contribution is -2.42. The molecule has 1 aromatic rings. The van der Waals surface area contributed by atoms with Crippen molar-refractivity contribution in [2.24, 2.45) is 5.92 Å². The van der Waals surface area contributed by atoms with E-state index in [-0.39, 0.29) is 11.4 Å². The quantitative estimate of drug-likeness (QED) is 0.854. The summed E-state index contributed by atoms with van der Waals surface area (Å²) in [5, 5.41) is 10.2. The first-order valence-corrected chi connectivity index (χ1v) is 6.31. The number of aliphatic hydroxyl groups is 1. The lowest BCUT2D eigenvalue weighted by Gasteiger charge is -2.40. The molecule has 92 valence electrons. The van der Waals surface area contributed by atoms with Gasteiger partial charge in [-0.3, -0.25) is 0 Å². The Morgan fingerprint density at radius 2 is 2.24 bits per heavy atom. The third-order valence-electron chi connectivity index (χ3n) is 4.10. The topological polar surface area (TPSA) is 29.5 Å². The summed E-state index contributed by atoms with van der Waals surface area (Å²) in [5.74, 6) is 0.890. The fraction of sp³-hybridized carbons (Fsp3) is 0.571. The molecule has 1 unspecified atom stereocenters. The van der Waals surface area contributed by atoms with Crippen LogP contribution in [-0.4, -0.2) is 10.7 Å². The molecule has 3 rings (SSSR count). The molecular weight excluding hydrogens is 219 g/mol. The van der Waals surface area contributed by atoms with E-state index in [0.717, 1.165) is 6.42 Å². The van der Waals surface area contributed by atoms with E-state index in [4.69, 9.17) is 4.74 Å². The average Bonchev–Trinajstić information content (AvgIpc) is 3.14. The maximum absolute atomic E-state index is 13.1. The lowest BCUT2D eigenvalue weighted by molar-refractivity contribution is -0.0329. The third kappa shape index (κ3) is 1.73. The molecule has 1 saturated carbocycles. The van der Waals surface area contributed by atoms with Crippen LogP contribution in [0.4, 0.5) is 4.39 Å². The molecule has 1 aliphatic carbocycles. The van der Waals surface area contributed by atoms with Crippen LogP contribution in [-0.2, 0) is 0 Å². The van der Waals surface area contributed by atoms with Gasteiger partial charge in [-0.25, -0.2) is 4.39 Å². The van der Waals surface area contributed by atoms with Gasteiger partial charge in [0.15, 0.2) is 0 Å². The van der Waals surface area contributed by atoms with Gasteiger partial charge in [0, 0.05) is 12.0 Å². The minimum atomic E-state index is -0.602. The van der Waals surface area contributed by atoms with Gasteiger partial charge in [0.05, 0.1) is 6.10 Å². The standard InChI is InChI=1S/C14H17FO2/c1-2-14(9-3-4-9)8-12(16)11-7-10(15)5-6-13(11)17-14/h5-7,9,12,16H,2-4,8H2,1H3/t12-,14?/m1/s1.